The topological polar surface area (TPSA) is 406 Å². The van der Waals surface area contributed by atoms with Crippen LogP contribution in [0.1, 0.15) is 62.3 Å². The second-order valence-electron chi connectivity index (χ2n) is 18.4. The van der Waals surface area contributed by atoms with Crippen LogP contribution in [0.3, 0.4) is 0 Å². The van der Waals surface area contributed by atoms with Crippen LogP contribution in [0.25, 0.3) is 21.7 Å². The van der Waals surface area contributed by atoms with E-state index in [1.165, 1.54) is 19.4 Å². The molecule has 404 valence electrons. The number of nitrogens with one attached hydrogen (secondary N) is 10. The Kier molecular flexibility index (Phi) is 20.6. The molecular weight excluding hydrogens is 979 g/mol. The molecule has 3 heterocycles. The summed E-state index contributed by atoms with van der Waals surface area (Å²) < 4.78 is 0. The third-order valence-corrected chi connectivity index (χ3v) is 12.5. The minimum atomic E-state index is -1.46. The van der Waals surface area contributed by atoms with Crippen LogP contribution >= 0.6 is 0 Å². The number of nitrogens with zero attached hydrogens (tertiary/aromatic N) is 3. The van der Waals surface area contributed by atoms with E-state index in [1.807, 2.05) is 60.7 Å². The van der Waals surface area contributed by atoms with Gasteiger partial charge in [0.15, 0.2) is 11.9 Å². The van der Waals surface area contributed by atoms with Crippen molar-refractivity contribution < 1.29 is 38.4 Å². The number of hydrogen-bond acceptors (Lipinski definition) is 11. The molecule has 0 aliphatic carbocycles. The van der Waals surface area contributed by atoms with Crippen molar-refractivity contribution in [3.63, 3.8) is 0 Å². The van der Waals surface area contributed by atoms with Gasteiger partial charge in [-0.2, -0.15) is 0 Å². The first kappa shape index (κ1) is 56.3. The Labute approximate surface area is 437 Å². The van der Waals surface area contributed by atoms with Gasteiger partial charge in [-0.1, -0.05) is 60.7 Å². The summed E-state index contributed by atoms with van der Waals surface area (Å²) in [4.78, 5) is 131. The quantitative estimate of drug-likeness (QED) is 0.0276. The number of hydrogen-bond donors (Lipinski definition) is 14. The third kappa shape index (κ3) is 17.3. The molecule has 0 radical (unpaired) electrons. The predicted molar refractivity (Wildman–Crippen MR) is 284 cm³/mol. The fourth-order valence-corrected chi connectivity index (χ4v) is 8.66. The van der Waals surface area contributed by atoms with Crippen LogP contribution < -0.4 is 65.5 Å². The van der Waals surface area contributed by atoms with E-state index in [9.17, 15) is 38.4 Å². The monoisotopic (exact) mass is 1050 g/mol. The van der Waals surface area contributed by atoms with Crippen LogP contribution in [0.2, 0.25) is 0 Å². The van der Waals surface area contributed by atoms with Crippen LogP contribution in [0.5, 0.6) is 0 Å². The fourth-order valence-electron chi connectivity index (χ4n) is 8.66. The Hall–Kier alpha value is -9.03. The van der Waals surface area contributed by atoms with Crippen molar-refractivity contribution in [3.8, 4) is 0 Å². The molecule has 25 heteroatoms. The van der Waals surface area contributed by atoms with Crippen molar-refractivity contribution >= 4 is 80.9 Å². The van der Waals surface area contributed by atoms with Crippen LogP contribution in [-0.4, -0.2) is 137 Å². The summed E-state index contributed by atoms with van der Waals surface area (Å²) in [6.45, 7) is 1.29. The molecule has 5 aromatic rings. The van der Waals surface area contributed by atoms with Crippen molar-refractivity contribution in [3.05, 3.63) is 102 Å². The summed E-state index contributed by atoms with van der Waals surface area (Å²) in [6, 6.07) is 12.6. The van der Waals surface area contributed by atoms with Gasteiger partial charge in [-0.3, -0.25) is 48.3 Å². The number of fused-ring (bicyclic) bond motifs is 2. The maximum absolute atomic E-state index is 14.9. The number of aromatic nitrogens is 3. The second kappa shape index (κ2) is 27.9. The zero-order valence-corrected chi connectivity index (χ0v) is 42.2. The maximum Gasteiger partial charge on any atom is 0.243 e. The zero-order valence-electron chi connectivity index (χ0n) is 42.2. The van der Waals surface area contributed by atoms with Gasteiger partial charge in [-0.25, -0.2) is 4.98 Å². The molecule has 3 aromatic carbocycles. The highest BCUT2D eigenvalue weighted by molar-refractivity contribution is 5.98. The third-order valence-electron chi connectivity index (χ3n) is 12.5. The Bertz CT molecular complexity index is 2900. The minimum absolute atomic E-state index is 0.0108. The Morgan fingerprint density at radius 1 is 0.697 bits per heavy atom. The van der Waals surface area contributed by atoms with Crippen molar-refractivity contribution in [1.82, 2.24) is 57.5 Å². The van der Waals surface area contributed by atoms with Gasteiger partial charge in [0.1, 0.15) is 36.3 Å². The molecule has 1 aliphatic heterocycles. The number of imidazole rings is 1. The Morgan fingerprint density at radius 2 is 1.33 bits per heavy atom. The molecule has 76 heavy (non-hydrogen) atoms. The number of carbonyl (C=O) groups is 8. The van der Waals surface area contributed by atoms with E-state index in [1.54, 1.807) is 12.3 Å². The highest BCUT2D eigenvalue weighted by Gasteiger charge is 2.34. The number of para-hydroxylation sites is 1. The predicted octanol–water partition coefficient (Wildman–Crippen LogP) is -1.87. The molecule has 1 aliphatic rings. The highest BCUT2D eigenvalue weighted by Crippen LogP contribution is 2.20. The summed E-state index contributed by atoms with van der Waals surface area (Å²) >= 11 is 0. The first-order valence-corrected chi connectivity index (χ1v) is 25.0. The first-order valence-electron chi connectivity index (χ1n) is 25.0. The number of nitrogens with two attached hydrogens (primary N) is 4. The molecule has 18 N–H and O–H groups in total. The average molecular weight is 1050 g/mol. The summed E-state index contributed by atoms with van der Waals surface area (Å²) in [5.41, 5.74) is 24.7. The normalized spacial score (nSPS) is 19.8. The summed E-state index contributed by atoms with van der Waals surface area (Å²) in [7, 11) is 0. The summed E-state index contributed by atoms with van der Waals surface area (Å²) in [5.74, 6) is -6.02. The molecule has 8 amide bonds. The molecule has 1 saturated heterocycles. The molecule has 6 rings (SSSR count). The lowest BCUT2D eigenvalue weighted by Crippen LogP contribution is -2.60. The highest BCUT2D eigenvalue weighted by atomic mass is 16.2. The van der Waals surface area contributed by atoms with Gasteiger partial charge < -0.3 is 75.4 Å². The Balaban J connectivity index is 1.37. The van der Waals surface area contributed by atoms with E-state index >= 15 is 0 Å². The van der Waals surface area contributed by atoms with Crippen LogP contribution in [-0.2, 0) is 57.6 Å². The van der Waals surface area contributed by atoms with Gasteiger partial charge >= 0.3 is 0 Å². The molecule has 2 aromatic heterocycles. The summed E-state index contributed by atoms with van der Waals surface area (Å²) in [5, 5.41) is 24.5. The number of H-pyrrole nitrogens is 2. The fraction of sp³-hybridized carbons (Fsp3) is 0.392. The van der Waals surface area contributed by atoms with Gasteiger partial charge in [-0.05, 0) is 60.1 Å². The SMILES string of the molecule is CC(=O)N[C@@H](CCCN=C(N)N)C(=O)N[C@H]1CCC(=O)NCCNC(=O)[C@H](Cc2c[nH]c3ccccc23)NC(=O)[C@H](CCCN=C(N)N)NC(=O)[C@@H](Cc2ccc3ccccc3c2)NC(=O)[C@H](Cc2cnc[nH]2)NC1=O. The zero-order chi connectivity index (χ0) is 54.6. The van der Waals surface area contributed by atoms with Crippen molar-refractivity contribution in [1.29, 1.82) is 0 Å². The van der Waals surface area contributed by atoms with Gasteiger partial charge in [0.2, 0.25) is 47.3 Å². The minimum Gasteiger partial charge on any atom is -0.370 e. The molecule has 0 bridgehead atoms. The lowest BCUT2D eigenvalue weighted by atomic mass is 9.99. The van der Waals surface area contributed by atoms with Crippen LogP contribution in [0.4, 0.5) is 0 Å². The van der Waals surface area contributed by atoms with Gasteiger partial charge in [-0.15, -0.1) is 0 Å². The van der Waals surface area contributed by atoms with E-state index in [-0.39, 0.29) is 95.9 Å². The molecule has 0 unspecified atom stereocenters. The second-order valence-corrected chi connectivity index (χ2v) is 18.4. The molecule has 25 nitrogen and oxygen atoms in total. The van der Waals surface area contributed by atoms with Crippen LogP contribution in [0.15, 0.2) is 95.4 Å². The largest absolute Gasteiger partial charge is 0.370 e. The number of amides is 8. The number of carbonyl (C=O) groups excluding carboxylic acids is 8. The molecule has 1 fully saturated rings. The van der Waals surface area contributed by atoms with E-state index in [0.29, 0.717) is 16.8 Å². The molecule has 0 spiro atoms. The lowest BCUT2D eigenvalue weighted by Gasteiger charge is -2.28. The smallest absolute Gasteiger partial charge is 0.243 e. The number of benzene rings is 3. The lowest BCUT2D eigenvalue weighted by molar-refractivity contribution is -0.135. The standard InChI is InChI=1S/C51H67N17O8/c1-29(69)63-37(12-6-18-59-50(52)53)45(72)65-39-16-17-43(70)57-20-21-58-44(71)41(24-33-26-61-36-11-5-4-10-35(33)36)67-46(73)38(13-7-19-60-51(54)55)64-48(75)40(23-30-14-15-31-8-2-3-9-32(31)22-30)66-49(76)42(68-47(39)74)25-34-27-56-28-62-34/h2-5,8-11,14-15,22,26-28,37-42,61H,6-7,12-13,16-21,23-25H2,1H3,(H,56,62)(H,57,70)(H,58,71)(H,63,69)(H,64,75)(H,65,72)(H,66,76)(H,67,73)(H,68,74)(H4,52,53,59)(H4,54,55,60)/t37-,38-,39-,40+,41-,42-/m0/s1. The van der Waals surface area contributed by atoms with Crippen molar-refractivity contribution in [2.24, 2.45) is 32.9 Å². The first-order chi connectivity index (χ1) is 36.5. The molecule has 6 atom stereocenters. The number of rotatable bonds is 17. The van der Waals surface area contributed by atoms with E-state index < -0.39 is 83.5 Å². The van der Waals surface area contributed by atoms with Gasteiger partial charge in [0, 0.05) is 87.8 Å². The van der Waals surface area contributed by atoms with E-state index in [0.717, 1.165) is 21.7 Å². The number of aromatic amines is 2. The van der Waals surface area contributed by atoms with Crippen LogP contribution in [0, 0.1) is 0 Å². The number of guanidine groups is 2. The van der Waals surface area contributed by atoms with E-state index in [2.05, 4.69) is 67.5 Å². The maximum atomic E-state index is 14.9. The Morgan fingerprint density at radius 3 is 2.04 bits per heavy atom. The molecule has 0 saturated carbocycles. The average Bonchev–Trinajstić information content (AvgIpc) is 4.07. The van der Waals surface area contributed by atoms with Gasteiger partial charge in [0.25, 0.3) is 0 Å². The van der Waals surface area contributed by atoms with Crippen molar-refractivity contribution in [2.45, 2.75) is 101 Å². The summed E-state index contributed by atoms with van der Waals surface area (Å²) in [6.07, 6.45) is 4.22. The van der Waals surface area contributed by atoms with Gasteiger partial charge in [0.05, 0.1) is 6.33 Å². The van der Waals surface area contributed by atoms with Crippen molar-refractivity contribution in [2.75, 3.05) is 26.2 Å². The van der Waals surface area contributed by atoms with E-state index in [4.69, 9.17) is 22.9 Å². The molecular formula is C51H67N17O8. The number of aliphatic imine (C=N–C) groups is 2.